The van der Waals surface area contributed by atoms with Crippen LogP contribution in [0, 0.1) is 5.82 Å². The summed E-state index contributed by atoms with van der Waals surface area (Å²) >= 11 is 5.95. The number of hydrogen-bond donors (Lipinski definition) is 1. The monoisotopic (exact) mass is 355 g/mol. The second-order valence-corrected chi connectivity index (χ2v) is 6.49. The number of halogens is 2. The number of carbonyl (C=O) groups is 1. The summed E-state index contributed by atoms with van der Waals surface area (Å²) in [7, 11) is 0. The molecule has 0 aliphatic heterocycles. The largest absolute Gasteiger partial charge is 0.348 e. The fourth-order valence-electron chi connectivity index (χ4n) is 2.57. The van der Waals surface area contributed by atoms with Crippen LogP contribution in [-0.2, 0) is 0 Å². The van der Waals surface area contributed by atoms with Gasteiger partial charge >= 0.3 is 0 Å². The molecular formula is C19H15ClFN3O. The quantitative estimate of drug-likeness (QED) is 0.761. The topological polar surface area (TPSA) is 46.9 Å². The maximum atomic E-state index is 13.2. The molecule has 1 amide bonds. The van der Waals surface area contributed by atoms with Crippen LogP contribution in [0.25, 0.3) is 16.9 Å². The first-order valence-corrected chi connectivity index (χ1v) is 8.41. The van der Waals surface area contributed by atoms with Crippen molar-refractivity contribution in [3.63, 3.8) is 0 Å². The zero-order chi connectivity index (χ0) is 17.4. The Labute approximate surface area is 149 Å². The highest BCUT2D eigenvalue weighted by atomic mass is 35.5. The number of amides is 1. The van der Waals surface area contributed by atoms with Crippen molar-refractivity contribution in [2.75, 3.05) is 0 Å². The molecule has 126 valence electrons. The molecule has 3 aromatic rings. The summed E-state index contributed by atoms with van der Waals surface area (Å²) in [6, 6.07) is 15.1. The minimum atomic E-state index is -0.312. The van der Waals surface area contributed by atoms with Crippen LogP contribution in [-0.4, -0.2) is 21.7 Å². The molecule has 1 aliphatic carbocycles. The van der Waals surface area contributed by atoms with Crippen LogP contribution in [0.15, 0.2) is 54.6 Å². The number of benzene rings is 2. The van der Waals surface area contributed by atoms with Gasteiger partial charge in [0.15, 0.2) is 0 Å². The number of rotatable bonds is 4. The molecule has 4 rings (SSSR count). The second-order valence-electron chi connectivity index (χ2n) is 6.06. The Balaban J connectivity index is 1.77. The molecule has 0 radical (unpaired) electrons. The van der Waals surface area contributed by atoms with Crippen LogP contribution < -0.4 is 5.32 Å². The molecule has 1 heterocycles. The lowest BCUT2D eigenvalue weighted by Gasteiger charge is -2.07. The molecule has 0 unspecified atom stereocenters. The Morgan fingerprint density at radius 2 is 1.80 bits per heavy atom. The van der Waals surface area contributed by atoms with E-state index < -0.39 is 0 Å². The van der Waals surface area contributed by atoms with E-state index >= 15 is 0 Å². The van der Waals surface area contributed by atoms with E-state index in [-0.39, 0.29) is 17.8 Å². The highest BCUT2D eigenvalue weighted by Gasteiger charge is 2.26. The minimum absolute atomic E-state index is 0.168. The third-order valence-corrected chi connectivity index (χ3v) is 4.32. The van der Waals surface area contributed by atoms with Gasteiger partial charge in [-0.25, -0.2) is 9.07 Å². The second kappa shape index (κ2) is 6.33. The van der Waals surface area contributed by atoms with Crippen molar-refractivity contribution < 1.29 is 9.18 Å². The van der Waals surface area contributed by atoms with E-state index in [0.29, 0.717) is 16.4 Å². The summed E-state index contributed by atoms with van der Waals surface area (Å²) in [5.41, 5.74) is 2.53. The van der Waals surface area contributed by atoms with Crippen molar-refractivity contribution in [3.05, 3.63) is 71.1 Å². The first kappa shape index (κ1) is 15.8. The molecule has 1 aliphatic rings. The van der Waals surface area contributed by atoms with Gasteiger partial charge in [0, 0.05) is 16.6 Å². The first-order chi connectivity index (χ1) is 12.1. The Morgan fingerprint density at radius 1 is 1.12 bits per heavy atom. The predicted molar refractivity (Wildman–Crippen MR) is 94.5 cm³/mol. The Kier molecular flexibility index (Phi) is 4.01. The summed E-state index contributed by atoms with van der Waals surface area (Å²) in [4.78, 5) is 12.6. The average molecular weight is 356 g/mol. The summed E-state index contributed by atoms with van der Waals surface area (Å²) in [5, 5.41) is 8.14. The van der Waals surface area contributed by atoms with Crippen molar-refractivity contribution in [3.8, 4) is 16.9 Å². The third kappa shape index (κ3) is 3.42. The zero-order valence-electron chi connectivity index (χ0n) is 13.2. The van der Waals surface area contributed by atoms with Gasteiger partial charge in [0.25, 0.3) is 5.91 Å². The van der Waals surface area contributed by atoms with Crippen molar-refractivity contribution >= 4 is 17.5 Å². The van der Waals surface area contributed by atoms with E-state index in [9.17, 15) is 9.18 Å². The summed E-state index contributed by atoms with van der Waals surface area (Å²) in [6.07, 6.45) is 2.01. The van der Waals surface area contributed by atoms with Gasteiger partial charge in [0.05, 0.1) is 11.4 Å². The molecule has 0 atom stereocenters. The number of nitrogens with zero attached hydrogens (tertiary/aromatic N) is 2. The fraction of sp³-hybridized carbons (Fsp3) is 0.158. The molecule has 1 saturated carbocycles. The standard InChI is InChI=1S/C19H15ClFN3O/c20-13-3-9-16(10-4-13)24-18(19(25)22-15-7-8-15)11-17(23-24)12-1-5-14(21)6-2-12/h1-6,9-11,15H,7-8H2,(H,22,25). The van der Waals surface area contributed by atoms with Gasteiger partial charge in [-0.2, -0.15) is 5.10 Å². The van der Waals surface area contributed by atoms with Crippen molar-refractivity contribution in [1.29, 1.82) is 0 Å². The average Bonchev–Trinajstić information content (AvgIpc) is 3.31. The maximum absolute atomic E-state index is 13.2. The van der Waals surface area contributed by atoms with Crippen molar-refractivity contribution in [1.82, 2.24) is 15.1 Å². The van der Waals surface area contributed by atoms with Gasteiger partial charge < -0.3 is 5.32 Å². The summed E-state index contributed by atoms with van der Waals surface area (Å²) in [6.45, 7) is 0. The highest BCUT2D eigenvalue weighted by molar-refractivity contribution is 6.30. The molecule has 1 aromatic heterocycles. The molecule has 0 saturated heterocycles. The lowest BCUT2D eigenvalue weighted by molar-refractivity contribution is 0.0943. The van der Waals surface area contributed by atoms with E-state index in [1.807, 2.05) is 0 Å². The lowest BCUT2D eigenvalue weighted by Crippen LogP contribution is -2.27. The van der Waals surface area contributed by atoms with E-state index in [2.05, 4.69) is 10.4 Å². The molecule has 1 fully saturated rings. The van der Waals surface area contributed by atoms with E-state index in [1.165, 1.54) is 12.1 Å². The van der Waals surface area contributed by atoms with Crippen LogP contribution in [0.4, 0.5) is 4.39 Å². The SMILES string of the molecule is O=C(NC1CC1)c1cc(-c2ccc(F)cc2)nn1-c1ccc(Cl)cc1. The molecule has 1 N–H and O–H groups in total. The van der Waals surface area contributed by atoms with E-state index in [4.69, 9.17) is 11.6 Å². The molecular weight excluding hydrogens is 341 g/mol. The number of aromatic nitrogens is 2. The van der Waals surface area contributed by atoms with Crippen LogP contribution in [0.5, 0.6) is 0 Å². The van der Waals surface area contributed by atoms with Crippen LogP contribution in [0.2, 0.25) is 5.02 Å². The summed E-state index contributed by atoms with van der Waals surface area (Å²) < 4.78 is 14.8. The molecule has 2 aromatic carbocycles. The molecule has 0 spiro atoms. The number of carbonyl (C=O) groups excluding carboxylic acids is 1. The predicted octanol–water partition coefficient (Wildman–Crippen LogP) is 4.22. The smallest absolute Gasteiger partial charge is 0.270 e. The van der Waals surface area contributed by atoms with Crippen LogP contribution in [0.3, 0.4) is 0 Å². The van der Waals surface area contributed by atoms with Crippen molar-refractivity contribution in [2.24, 2.45) is 0 Å². The minimum Gasteiger partial charge on any atom is -0.348 e. The molecule has 25 heavy (non-hydrogen) atoms. The maximum Gasteiger partial charge on any atom is 0.270 e. The highest BCUT2D eigenvalue weighted by Crippen LogP contribution is 2.24. The van der Waals surface area contributed by atoms with E-state index in [0.717, 1.165) is 24.1 Å². The van der Waals surface area contributed by atoms with Crippen LogP contribution >= 0.6 is 11.6 Å². The van der Waals surface area contributed by atoms with Gasteiger partial charge in [-0.3, -0.25) is 4.79 Å². The van der Waals surface area contributed by atoms with Gasteiger partial charge in [0.1, 0.15) is 11.5 Å². The van der Waals surface area contributed by atoms with Crippen molar-refractivity contribution in [2.45, 2.75) is 18.9 Å². The van der Waals surface area contributed by atoms with Gasteiger partial charge in [-0.15, -0.1) is 0 Å². The zero-order valence-corrected chi connectivity index (χ0v) is 14.0. The Bertz CT molecular complexity index is 915. The first-order valence-electron chi connectivity index (χ1n) is 8.03. The molecule has 0 bridgehead atoms. The number of nitrogens with one attached hydrogen (secondary N) is 1. The Hall–Kier alpha value is -2.66. The fourth-order valence-corrected chi connectivity index (χ4v) is 2.70. The Morgan fingerprint density at radius 3 is 2.44 bits per heavy atom. The molecule has 6 heteroatoms. The molecule has 4 nitrogen and oxygen atoms in total. The van der Waals surface area contributed by atoms with Gasteiger partial charge in [-0.05, 0) is 67.4 Å². The number of hydrogen-bond acceptors (Lipinski definition) is 2. The summed E-state index contributed by atoms with van der Waals surface area (Å²) in [5.74, 6) is -0.481. The van der Waals surface area contributed by atoms with Gasteiger partial charge in [-0.1, -0.05) is 11.6 Å². The third-order valence-electron chi connectivity index (χ3n) is 4.07. The normalized spacial score (nSPS) is 13.7. The van der Waals surface area contributed by atoms with E-state index in [1.54, 1.807) is 47.1 Å². The van der Waals surface area contributed by atoms with Crippen LogP contribution in [0.1, 0.15) is 23.3 Å². The van der Waals surface area contributed by atoms with Gasteiger partial charge in [0.2, 0.25) is 0 Å². The lowest BCUT2D eigenvalue weighted by atomic mass is 10.1.